The first-order valence-electron chi connectivity index (χ1n) is 6.53. The van der Waals surface area contributed by atoms with Gasteiger partial charge in [-0.05, 0) is 50.5 Å². The fraction of sp³-hybridized carbons (Fsp3) is 0.533. The van der Waals surface area contributed by atoms with Gasteiger partial charge < -0.3 is 14.4 Å². The van der Waals surface area contributed by atoms with Crippen LogP contribution in [0.5, 0.6) is 5.75 Å². The minimum Gasteiger partial charge on any atom is -0.497 e. The summed E-state index contributed by atoms with van der Waals surface area (Å²) in [6.45, 7) is 6.94. The monoisotopic (exact) mass is 263 g/mol. The van der Waals surface area contributed by atoms with Gasteiger partial charge in [-0.1, -0.05) is 6.07 Å². The highest BCUT2D eigenvalue weighted by Gasteiger charge is 2.25. The van der Waals surface area contributed by atoms with Crippen molar-refractivity contribution in [1.29, 1.82) is 0 Å². The molecule has 0 fully saturated rings. The van der Waals surface area contributed by atoms with Crippen molar-refractivity contribution in [2.24, 2.45) is 0 Å². The van der Waals surface area contributed by atoms with E-state index in [9.17, 15) is 4.79 Å². The lowest BCUT2D eigenvalue weighted by atomic mass is 10.00. The summed E-state index contributed by atoms with van der Waals surface area (Å²) in [6, 6.07) is 5.99. The van der Waals surface area contributed by atoms with Crippen LogP contribution in [0.3, 0.4) is 0 Å². The van der Waals surface area contributed by atoms with E-state index in [-0.39, 0.29) is 6.09 Å². The van der Waals surface area contributed by atoms with Crippen LogP contribution < -0.4 is 4.74 Å². The van der Waals surface area contributed by atoms with Crippen molar-refractivity contribution in [1.82, 2.24) is 4.90 Å². The fourth-order valence-electron chi connectivity index (χ4n) is 2.14. The maximum absolute atomic E-state index is 12.0. The first-order valence-corrected chi connectivity index (χ1v) is 6.53. The number of benzene rings is 1. The Bertz CT molecular complexity index is 477. The first kappa shape index (κ1) is 13.7. The summed E-state index contributed by atoms with van der Waals surface area (Å²) in [7, 11) is 1.66. The average Bonchev–Trinajstić information content (AvgIpc) is 2.35. The molecular formula is C15H21NO3. The predicted molar refractivity (Wildman–Crippen MR) is 73.3 cm³/mol. The van der Waals surface area contributed by atoms with E-state index in [2.05, 4.69) is 0 Å². The number of hydrogen-bond acceptors (Lipinski definition) is 3. The van der Waals surface area contributed by atoms with Crippen LogP contribution >= 0.6 is 0 Å². The largest absolute Gasteiger partial charge is 0.497 e. The Labute approximate surface area is 114 Å². The van der Waals surface area contributed by atoms with Gasteiger partial charge in [-0.25, -0.2) is 4.79 Å². The quantitative estimate of drug-likeness (QED) is 0.782. The molecule has 0 atom stereocenters. The number of nitrogens with zero attached hydrogens (tertiary/aromatic N) is 1. The summed E-state index contributed by atoms with van der Waals surface area (Å²) in [5.41, 5.74) is 1.97. The Morgan fingerprint density at radius 1 is 1.26 bits per heavy atom. The number of hydrogen-bond donors (Lipinski definition) is 0. The molecule has 1 amide bonds. The number of carbonyl (C=O) groups is 1. The van der Waals surface area contributed by atoms with E-state index in [1.165, 1.54) is 5.56 Å². The van der Waals surface area contributed by atoms with Gasteiger partial charge in [-0.15, -0.1) is 0 Å². The second-order valence-corrected chi connectivity index (χ2v) is 5.79. The van der Waals surface area contributed by atoms with Gasteiger partial charge in [0.15, 0.2) is 0 Å². The van der Waals surface area contributed by atoms with Gasteiger partial charge in [0.25, 0.3) is 0 Å². The lowest BCUT2D eigenvalue weighted by molar-refractivity contribution is 0.0224. The molecule has 1 aliphatic rings. The minimum absolute atomic E-state index is 0.242. The van der Waals surface area contributed by atoms with E-state index < -0.39 is 5.60 Å². The Hall–Kier alpha value is -1.71. The van der Waals surface area contributed by atoms with E-state index >= 15 is 0 Å². The molecule has 4 heteroatoms. The highest BCUT2D eigenvalue weighted by atomic mass is 16.6. The van der Waals surface area contributed by atoms with Crippen molar-refractivity contribution in [2.45, 2.75) is 39.3 Å². The van der Waals surface area contributed by atoms with Crippen molar-refractivity contribution in [3.8, 4) is 5.75 Å². The molecule has 0 N–H and O–H groups in total. The second kappa shape index (κ2) is 5.11. The Morgan fingerprint density at radius 2 is 2.00 bits per heavy atom. The summed E-state index contributed by atoms with van der Waals surface area (Å²) < 4.78 is 10.6. The summed E-state index contributed by atoms with van der Waals surface area (Å²) in [5.74, 6) is 0.865. The molecular weight excluding hydrogens is 242 g/mol. The summed E-state index contributed by atoms with van der Waals surface area (Å²) >= 11 is 0. The molecule has 1 aromatic rings. The molecule has 0 spiro atoms. The molecule has 19 heavy (non-hydrogen) atoms. The smallest absolute Gasteiger partial charge is 0.410 e. The van der Waals surface area contributed by atoms with Gasteiger partial charge in [0.1, 0.15) is 11.4 Å². The normalized spacial score (nSPS) is 14.8. The van der Waals surface area contributed by atoms with Crippen molar-refractivity contribution in [3.63, 3.8) is 0 Å². The highest BCUT2D eigenvalue weighted by molar-refractivity contribution is 5.68. The van der Waals surface area contributed by atoms with Crippen molar-refractivity contribution in [3.05, 3.63) is 29.3 Å². The van der Waals surface area contributed by atoms with Crippen LogP contribution in [0.25, 0.3) is 0 Å². The summed E-state index contributed by atoms with van der Waals surface area (Å²) in [5, 5.41) is 0. The number of methoxy groups -OCH3 is 1. The van der Waals surface area contributed by atoms with Gasteiger partial charge in [-0.2, -0.15) is 0 Å². The molecule has 0 saturated heterocycles. The zero-order chi connectivity index (χ0) is 14.0. The maximum atomic E-state index is 12.0. The van der Waals surface area contributed by atoms with Gasteiger partial charge in [-0.3, -0.25) is 0 Å². The van der Waals surface area contributed by atoms with Gasteiger partial charge in [0.2, 0.25) is 0 Å². The summed E-state index contributed by atoms with van der Waals surface area (Å²) in [4.78, 5) is 13.8. The van der Waals surface area contributed by atoms with Crippen LogP contribution in [0.1, 0.15) is 31.9 Å². The molecule has 0 aliphatic carbocycles. The standard InChI is InChI=1S/C15H21NO3/c1-15(2,3)19-14(17)16-8-7-11-9-13(18-4)6-5-12(11)10-16/h5-6,9H,7-8,10H2,1-4H3. The van der Waals surface area contributed by atoms with Crippen LogP contribution in [0.2, 0.25) is 0 Å². The van der Waals surface area contributed by atoms with Crippen LogP contribution in [0, 0.1) is 0 Å². The molecule has 1 aromatic carbocycles. The molecule has 104 valence electrons. The molecule has 0 radical (unpaired) electrons. The van der Waals surface area contributed by atoms with E-state index in [1.807, 2.05) is 39.0 Å². The average molecular weight is 263 g/mol. The third-order valence-electron chi connectivity index (χ3n) is 3.08. The van der Waals surface area contributed by atoms with Crippen LogP contribution in [-0.2, 0) is 17.7 Å². The van der Waals surface area contributed by atoms with Crippen LogP contribution in [0.15, 0.2) is 18.2 Å². The molecule has 4 nitrogen and oxygen atoms in total. The number of fused-ring (bicyclic) bond motifs is 1. The zero-order valence-electron chi connectivity index (χ0n) is 12.0. The topological polar surface area (TPSA) is 38.8 Å². The third-order valence-corrected chi connectivity index (χ3v) is 3.08. The molecule has 1 aliphatic heterocycles. The van der Waals surface area contributed by atoms with Crippen LogP contribution in [0.4, 0.5) is 4.79 Å². The highest BCUT2D eigenvalue weighted by Crippen LogP contribution is 2.24. The van der Waals surface area contributed by atoms with Gasteiger partial charge >= 0.3 is 6.09 Å². The Morgan fingerprint density at radius 3 is 2.63 bits per heavy atom. The van der Waals surface area contributed by atoms with Crippen molar-refractivity contribution < 1.29 is 14.3 Å². The fourth-order valence-corrected chi connectivity index (χ4v) is 2.14. The van der Waals surface area contributed by atoms with E-state index in [0.29, 0.717) is 13.1 Å². The second-order valence-electron chi connectivity index (χ2n) is 5.79. The lowest BCUT2D eigenvalue weighted by Crippen LogP contribution is -2.39. The lowest BCUT2D eigenvalue weighted by Gasteiger charge is -2.31. The first-order chi connectivity index (χ1) is 8.89. The maximum Gasteiger partial charge on any atom is 0.410 e. The molecule has 0 unspecified atom stereocenters. The molecule has 1 heterocycles. The SMILES string of the molecule is COc1ccc2c(c1)CCN(C(=O)OC(C)(C)C)C2. The number of carbonyl (C=O) groups excluding carboxylic acids is 1. The summed E-state index contributed by atoms with van der Waals surface area (Å²) in [6.07, 6.45) is 0.597. The molecule has 0 saturated carbocycles. The van der Waals surface area contributed by atoms with Crippen molar-refractivity contribution >= 4 is 6.09 Å². The Balaban J connectivity index is 2.08. The molecule has 0 aromatic heterocycles. The van der Waals surface area contributed by atoms with E-state index in [0.717, 1.165) is 17.7 Å². The Kier molecular flexibility index (Phi) is 3.69. The minimum atomic E-state index is -0.447. The number of rotatable bonds is 1. The number of ether oxygens (including phenoxy) is 2. The van der Waals surface area contributed by atoms with Gasteiger partial charge in [0.05, 0.1) is 7.11 Å². The van der Waals surface area contributed by atoms with Gasteiger partial charge in [0, 0.05) is 13.1 Å². The van der Waals surface area contributed by atoms with E-state index in [4.69, 9.17) is 9.47 Å². The van der Waals surface area contributed by atoms with Crippen molar-refractivity contribution in [2.75, 3.05) is 13.7 Å². The number of amides is 1. The van der Waals surface area contributed by atoms with E-state index in [1.54, 1.807) is 12.0 Å². The molecule has 2 rings (SSSR count). The predicted octanol–water partition coefficient (Wildman–Crippen LogP) is 2.99. The molecule has 0 bridgehead atoms. The van der Waals surface area contributed by atoms with Crippen LogP contribution in [-0.4, -0.2) is 30.2 Å². The zero-order valence-corrected chi connectivity index (χ0v) is 12.0. The third kappa shape index (κ3) is 3.40.